The Bertz CT molecular complexity index is 3570. The first kappa shape index (κ1) is 35.9. The second-order valence-corrected chi connectivity index (χ2v) is 16.6. The molecule has 0 saturated carbocycles. The van der Waals surface area contributed by atoms with Crippen LogP contribution in [0.1, 0.15) is 0 Å². The quantitative estimate of drug-likeness (QED) is 0.161. The van der Waals surface area contributed by atoms with Gasteiger partial charge in [-0.1, -0.05) is 194 Å². The monoisotopic (exact) mass is 808 g/mol. The average molecular weight is 809 g/mol. The zero-order valence-electron chi connectivity index (χ0n) is 33.5. The largest absolute Gasteiger partial charge is 0.308 e. The van der Waals surface area contributed by atoms with Crippen LogP contribution in [-0.2, 0) is 0 Å². The number of hydrogen-bond acceptors (Lipinski definition) is 4. The van der Waals surface area contributed by atoms with Gasteiger partial charge in [-0.3, -0.25) is 0 Å². The van der Waals surface area contributed by atoms with Crippen molar-refractivity contribution >= 4 is 53.3 Å². The van der Waals surface area contributed by atoms with Crippen LogP contribution >= 0.6 is 11.3 Å². The molecule has 0 aliphatic carbocycles. The van der Waals surface area contributed by atoms with Crippen LogP contribution < -0.4 is 0 Å². The van der Waals surface area contributed by atoms with Gasteiger partial charge in [0.25, 0.3) is 0 Å². The molecular formula is C57H36N4S. The molecule has 0 spiro atoms. The predicted octanol–water partition coefficient (Wildman–Crippen LogP) is 15.3. The van der Waals surface area contributed by atoms with Crippen LogP contribution in [0, 0.1) is 0 Å². The van der Waals surface area contributed by atoms with Crippen molar-refractivity contribution in [1.82, 2.24) is 19.5 Å². The molecule has 3 aromatic heterocycles. The van der Waals surface area contributed by atoms with Crippen molar-refractivity contribution in [1.29, 1.82) is 0 Å². The van der Waals surface area contributed by atoms with Gasteiger partial charge in [0.05, 0.1) is 16.7 Å². The molecule has 9 aromatic carbocycles. The number of fused-ring (bicyclic) bond motifs is 6. The van der Waals surface area contributed by atoms with Crippen molar-refractivity contribution in [3.05, 3.63) is 218 Å². The van der Waals surface area contributed by atoms with E-state index in [0.29, 0.717) is 17.5 Å². The predicted molar refractivity (Wildman–Crippen MR) is 260 cm³/mol. The lowest BCUT2D eigenvalue weighted by atomic mass is 9.91. The summed E-state index contributed by atoms with van der Waals surface area (Å²) in [5, 5.41) is 4.93. The van der Waals surface area contributed by atoms with E-state index in [2.05, 4.69) is 187 Å². The summed E-state index contributed by atoms with van der Waals surface area (Å²) in [4.78, 5) is 15.7. The minimum Gasteiger partial charge on any atom is -0.308 e. The van der Waals surface area contributed by atoms with Gasteiger partial charge in [-0.05, 0) is 52.1 Å². The van der Waals surface area contributed by atoms with Crippen molar-refractivity contribution in [3.8, 4) is 73.2 Å². The highest BCUT2D eigenvalue weighted by Gasteiger charge is 2.24. The van der Waals surface area contributed by atoms with Gasteiger partial charge in [0.2, 0.25) is 0 Å². The maximum absolute atomic E-state index is 5.33. The molecule has 12 rings (SSSR count). The van der Waals surface area contributed by atoms with Crippen molar-refractivity contribution in [3.63, 3.8) is 0 Å². The minimum atomic E-state index is 0.601. The van der Waals surface area contributed by atoms with Crippen LogP contribution in [0.2, 0.25) is 0 Å². The lowest BCUT2D eigenvalue weighted by Gasteiger charge is -2.21. The van der Waals surface area contributed by atoms with E-state index in [0.717, 1.165) is 55.7 Å². The van der Waals surface area contributed by atoms with Crippen LogP contribution in [0.15, 0.2) is 218 Å². The molecule has 0 unspecified atom stereocenters. The first-order valence-electron chi connectivity index (χ1n) is 20.9. The molecule has 0 radical (unpaired) electrons. The van der Waals surface area contributed by atoms with Crippen LogP contribution in [0.3, 0.4) is 0 Å². The van der Waals surface area contributed by atoms with Gasteiger partial charge < -0.3 is 4.57 Å². The first-order chi connectivity index (χ1) is 30.8. The van der Waals surface area contributed by atoms with Gasteiger partial charge in [-0.25, -0.2) is 15.0 Å². The lowest BCUT2D eigenvalue weighted by molar-refractivity contribution is 1.06. The molecule has 5 heteroatoms. The summed E-state index contributed by atoms with van der Waals surface area (Å²) in [5.41, 5.74) is 12.9. The zero-order chi connectivity index (χ0) is 41.0. The topological polar surface area (TPSA) is 43.6 Å². The number of benzene rings is 9. The Morgan fingerprint density at radius 1 is 0.306 bits per heavy atom. The molecule has 0 atom stereocenters. The molecule has 0 N–H and O–H groups in total. The Labute approximate surface area is 362 Å². The van der Waals surface area contributed by atoms with Crippen LogP contribution in [0.5, 0.6) is 0 Å². The van der Waals surface area contributed by atoms with Crippen LogP contribution in [-0.4, -0.2) is 19.5 Å². The molecule has 0 fully saturated rings. The van der Waals surface area contributed by atoms with Crippen LogP contribution in [0.4, 0.5) is 0 Å². The van der Waals surface area contributed by atoms with Gasteiger partial charge in [0.15, 0.2) is 17.5 Å². The summed E-state index contributed by atoms with van der Waals surface area (Å²) in [6.07, 6.45) is 0. The Morgan fingerprint density at radius 3 is 1.56 bits per heavy atom. The van der Waals surface area contributed by atoms with E-state index in [4.69, 9.17) is 15.0 Å². The van der Waals surface area contributed by atoms with E-state index in [-0.39, 0.29) is 0 Å². The van der Waals surface area contributed by atoms with Crippen LogP contribution in [0.25, 0.3) is 115 Å². The summed E-state index contributed by atoms with van der Waals surface area (Å²) in [7, 11) is 0. The van der Waals surface area contributed by atoms with E-state index in [1.165, 1.54) is 42.1 Å². The summed E-state index contributed by atoms with van der Waals surface area (Å²) < 4.78 is 5.04. The van der Waals surface area contributed by atoms with Gasteiger partial charge in [0, 0.05) is 53.2 Å². The van der Waals surface area contributed by atoms with Crippen molar-refractivity contribution < 1.29 is 0 Å². The van der Waals surface area contributed by atoms with E-state index in [1.54, 1.807) is 0 Å². The van der Waals surface area contributed by atoms with Crippen molar-refractivity contribution in [2.75, 3.05) is 0 Å². The fourth-order valence-electron chi connectivity index (χ4n) is 9.05. The molecule has 290 valence electrons. The van der Waals surface area contributed by atoms with E-state index >= 15 is 0 Å². The maximum Gasteiger partial charge on any atom is 0.166 e. The summed E-state index contributed by atoms with van der Waals surface area (Å²) in [6, 6.07) is 77.5. The van der Waals surface area contributed by atoms with Gasteiger partial charge in [0.1, 0.15) is 0 Å². The van der Waals surface area contributed by atoms with Gasteiger partial charge in [-0.2, -0.15) is 0 Å². The van der Waals surface area contributed by atoms with Crippen molar-refractivity contribution in [2.24, 2.45) is 0 Å². The third-order valence-electron chi connectivity index (χ3n) is 11.9. The number of aromatic nitrogens is 4. The second kappa shape index (κ2) is 14.9. The average Bonchev–Trinajstić information content (AvgIpc) is 3.90. The molecule has 4 nitrogen and oxygen atoms in total. The molecule has 3 heterocycles. The third kappa shape index (κ3) is 6.01. The lowest BCUT2D eigenvalue weighted by Crippen LogP contribution is -2.05. The highest BCUT2D eigenvalue weighted by atomic mass is 32.1. The highest BCUT2D eigenvalue weighted by Crippen LogP contribution is 2.46. The molecule has 0 aliphatic heterocycles. The van der Waals surface area contributed by atoms with Gasteiger partial charge >= 0.3 is 0 Å². The number of rotatable bonds is 7. The smallest absolute Gasteiger partial charge is 0.166 e. The molecule has 0 bridgehead atoms. The SMILES string of the molecule is c1ccc(-c2nc(-c3ccccc3)nc(-c3cccc(-c4ccccc4-c4ccccc4)c3-n3c4ccccc4c4ccc(-c5cccc6c5sc5ccccc56)cc43)n2)cc1. The Balaban J connectivity index is 1.19. The summed E-state index contributed by atoms with van der Waals surface area (Å²) in [5.74, 6) is 1.84. The Morgan fingerprint density at radius 2 is 0.823 bits per heavy atom. The number of thiophene rings is 1. The normalized spacial score (nSPS) is 11.5. The Hall–Kier alpha value is -7.99. The Kier molecular flexibility index (Phi) is 8.65. The maximum atomic E-state index is 5.33. The fraction of sp³-hybridized carbons (Fsp3) is 0. The number of hydrogen-bond donors (Lipinski definition) is 0. The van der Waals surface area contributed by atoms with E-state index in [1.807, 2.05) is 47.7 Å². The van der Waals surface area contributed by atoms with E-state index in [9.17, 15) is 0 Å². The number of para-hydroxylation sites is 2. The van der Waals surface area contributed by atoms with Gasteiger partial charge in [-0.15, -0.1) is 11.3 Å². The summed E-state index contributed by atoms with van der Waals surface area (Å²) in [6.45, 7) is 0. The zero-order valence-corrected chi connectivity index (χ0v) is 34.3. The molecule has 12 aromatic rings. The minimum absolute atomic E-state index is 0.601. The van der Waals surface area contributed by atoms with E-state index < -0.39 is 0 Å². The molecular weight excluding hydrogens is 773 g/mol. The second-order valence-electron chi connectivity index (χ2n) is 15.5. The summed E-state index contributed by atoms with van der Waals surface area (Å²) >= 11 is 1.86. The third-order valence-corrected chi connectivity index (χ3v) is 13.1. The highest BCUT2D eigenvalue weighted by molar-refractivity contribution is 7.26. The molecule has 0 aliphatic rings. The fourth-order valence-corrected chi connectivity index (χ4v) is 10.3. The van der Waals surface area contributed by atoms with Crippen molar-refractivity contribution in [2.45, 2.75) is 0 Å². The standard InChI is InChI=1S/C57H36N4S/c1-4-18-37(19-5-1)41-24-10-11-25-43(41)47-29-17-31-49(57-59-55(38-20-6-2-7-21-38)58-56(60-57)39-22-8-3-9-23-39)53(47)61-50-32-14-12-26-44(50)45-35-34-40(36-51(45)61)42-28-16-30-48-46-27-13-15-33-52(46)62-54(42)48/h1-36H. The molecule has 0 saturated heterocycles. The molecule has 62 heavy (non-hydrogen) atoms. The first-order valence-corrected chi connectivity index (χ1v) is 21.7. The molecule has 0 amide bonds. The number of nitrogens with zero attached hydrogens (tertiary/aromatic N) is 4.